The van der Waals surface area contributed by atoms with Crippen molar-refractivity contribution < 1.29 is 13.2 Å². The highest BCUT2D eigenvalue weighted by atomic mass is 19.4. The molecule has 0 fully saturated rings. The number of halogens is 3. The van der Waals surface area contributed by atoms with Gasteiger partial charge >= 0.3 is 6.18 Å². The van der Waals surface area contributed by atoms with E-state index in [0.717, 1.165) is 16.3 Å². The minimum atomic E-state index is -4.45. The molecule has 130 valence electrons. The quantitative estimate of drug-likeness (QED) is 0.348. The molecule has 26 heavy (non-hydrogen) atoms. The fraction of sp³-hybridized carbons (Fsp3) is 0.136. The standard InChI is InChI=1S/C22H16F3N/c1-13-7-9-16(10-8-13)20-14(2)19(22(23,24)25)18-12-11-15-5-3-4-6-17(15)21(18)26-20/h3-12H,1-2H3. The van der Waals surface area contributed by atoms with Gasteiger partial charge in [-0.25, -0.2) is 4.98 Å². The van der Waals surface area contributed by atoms with Gasteiger partial charge in [0.05, 0.1) is 16.8 Å². The Balaban J connectivity index is 2.17. The fourth-order valence-electron chi connectivity index (χ4n) is 3.45. The Morgan fingerprint density at radius 3 is 2.15 bits per heavy atom. The van der Waals surface area contributed by atoms with Gasteiger partial charge in [-0.05, 0) is 24.8 Å². The van der Waals surface area contributed by atoms with E-state index in [4.69, 9.17) is 0 Å². The summed E-state index contributed by atoms with van der Waals surface area (Å²) in [6, 6.07) is 18.1. The molecule has 0 aliphatic rings. The summed E-state index contributed by atoms with van der Waals surface area (Å²) in [6.07, 6.45) is -4.45. The van der Waals surface area contributed by atoms with Gasteiger partial charge in [0.2, 0.25) is 0 Å². The lowest BCUT2D eigenvalue weighted by Gasteiger charge is -2.18. The first kappa shape index (κ1) is 16.6. The second-order valence-corrected chi connectivity index (χ2v) is 6.51. The van der Waals surface area contributed by atoms with Crippen LogP contribution in [0.1, 0.15) is 16.7 Å². The predicted octanol–water partition coefficient (Wildman–Crippen LogP) is 6.69. The van der Waals surface area contributed by atoms with Gasteiger partial charge in [-0.3, -0.25) is 0 Å². The number of rotatable bonds is 1. The maximum atomic E-state index is 13.9. The molecule has 0 aliphatic heterocycles. The van der Waals surface area contributed by atoms with Crippen LogP contribution in [0.25, 0.3) is 32.9 Å². The van der Waals surface area contributed by atoms with Crippen LogP contribution < -0.4 is 0 Å². The van der Waals surface area contributed by atoms with E-state index in [-0.39, 0.29) is 10.9 Å². The molecule has 0 atom stereocenters. The lowest BCUT2D eigenvalue weighted by Crippen LogP contribution is -2.11. The summed E-state index contributed by atoms with van der Waals surface area (Å²) in [5, 5.41) is 1.74. The van der Waals surface area contributed by atoms with Crippen molar-refractivity contribution in [2.45, 2.75) is 20.0 Å². The summed E-state index contributed by atoms with van der Waals surface area (Å²) in [4.78, 5) is 4.68. The third-order valence-corrected chi connectivity index (χ3v) is 4.73. The van der Waals surface area contributed by atoms with Gasteiger partial charge in [0.15, 0.2) is 0 Å². The number of alkyl halides is 3. The van der Waals surface area contributed by atoms with Crippen molar-refractivity contribution in [3.8, 4) is 11.3 Å². The average Bonchev–Trinajstić information content (AvgIpc) is 2.60. The van der Waals surface area contributed by atoms with Crippen molar-refractivity contribution in [2.75, 3.05) is 0 Å². The normalized spacial score (nSPS) is 12.0. The van der Waals surface area contributed by atoms with Crippen molar-refractivity contribution in [1.29, 1.82) is 0 Å². The molecule has 0 saturated carbocycles. The molecule has 0 bridgehead atoms. The Labute approximate surface area is 149 Å². The zero-order valence-electron chi connectivity index (χ0n) is 14.4. The first-order valence-electron chi connectivity index (χ1n) is 8.32. The number of hydrogen-bond donors (Lipinski definition) is 0. The van der Waals surface area contributed by atoms with E-state index < -0.39 is 11.7 Å². The van der Waals surface area contributed by atoms with Crippen LogP contribution in [-0.4, -0.2) is 4.98 Å². The van der Waals surface area contributed by atoms with E-state index in [1.807, 2.05) is 55.5 Å². The summed E-state index contributed by atoms with van der Waals surface area (Å²) >= 11 is 0. The molecule has 1 nitrogen and oxygen atoms in total. The Hall–Kier alpha value is -2.88. The van der Waals surface area contributed by atoms with Gasteiger partial charge in [0.25, 0.3) is 0 Å². The number of aromatic nitrogens is 1. The maximum absolute atomic E-state index is 13.9. The summed E-state index contributed by atoms with van der Waals surface area (Å²) in [7, 11) is 0. The first-order valence-corrected chi connectivity index (χ1v) is 8.32. The zero-order chi connectivity index (χ0) is 18.5. The highest BCUT2D eigenvalue weighted by Gasteiger charge is 2.36. The van der Waals surface area contributed by atoms with Gasteiger partial charge < -0.3 is 0 Å². The van der Waals surface area contributed by atoms with Gasteiger partial charge in [-0.1, -0.05) is 66.2 Å². The predicted molar refractivity (Wildman–Crippen MR) is 99.2 cm³/mol. The Morgan fingerprint density at radius 1 is 0.769 bits per heavy atom. The molecule has 0 radical (unpaired) electrons. The molecule has 0 N–H and O–H groups in total. The van der Waals surface area contributed by atoms with Crippen molar-refractivity contribution >= 4 is 21.7 Å². The SMILES string of the molecule is Cc1ccc(-c2nc3c(ccc4ccccc43)c(C(F)(F)F)c2C)cc1. The lowest BCUT2D eigenvalue weighted by atomic mass is 9.95. The Bertz CT molecular complexity index is 1130. The second-order valence-electron chi connectivity index (χ2n) is 6.51. The monoisotopic (exact) mass is 351 g/mol. The summed E-state index contributed by atoms with van der Waals surface area (Å²) in [5.41, 5.74) is 2.05. The number of aryl methyl sites for hydroxylation is 1. The molecule has 0 amide bonds. The third kappa shape index (κ3) is 2.62. The molecular formula is C22H16F3N. The number of pyridine rings is 1. The smallest absolute Gasteiger partial charge is 0.247 e. The molecule has 4 heteroatoms. The third-order valence-electron chi connectivity index (χ3n) is 4.73. The second kappa shape index (κ2) is 5.84. The Morgan fingerprint density at radius 2 is 1.46 bits per heavy atom. The van der Waals surface area contributed by atoms with Crippen LogP contribution in [0.15, 0.2) is 60.7 Å². The topological polar surface area (TPSA) is 12.9 Å². The van der Waals surface area contributed by atoms with Crippen LogP contribution >= 0.6 is 0 Å². The average molecular weight is 351 g/mol. The van der Waals surface area contributed by atoms with Gasteiger partial charge in [-0.2, -0.15) is 13.2 Å². The van der Waals surface area contributed by atoms with E-state index >= 15 is 0 Å². The lowest BCUT2D eigenvalue weighted by molar-refractivity contribution is -0.136. The van der Waals surface area contributed by atoms with Gasteiger partial charge in [0, 0.05) is 16.3 Å². The maximum Gasteiger partial charge on any atom is 0.417 e. The fourth-order valence-corrected chi connectivity index (χ4v) is 3.45. The van der Waals surface area contributed by atoms with Crippen LogP contribution in [0.5, 0.6) is 0 Å². The van der Waals surface area contributed by atoms with Crippen molar-refractivity contribution in [3.63, 3.8) is 0 Å². The van der Waals surface area contributed by atoms with Gasteiger partial charge in [0.1, 0.15) is 0 Å². The largest absolute Gasteiger partial charge is 0.417 e. The number of nitrogens with zero attached hydrogens (tertiary/aromatic N) is 1. The number of fused-ring (bicyclic) bond motifs is 3. The molecule has 4 rings (SSSR count). The van der Waals surface area contributed by atoms with Crippen molar-refractivity contribution in [2.24, 2.45) is 0 Å². The molecule has 3 aromatic carbocycles. The molecule has 0 aliphatic carbocycles. The summed E-state index contributed by atoms with van der Waals surface area (Å²) < 4.78 is 41.7. The minimum absolute atomic E-state index is 0.143. The van der Waals surface area contributed by atoms with Crippen molar-refractivity contribution in [3.05, 3.63) is 77.4 Å². The minimum Gasteiger partial charge on any atom is -0.247 e. The molecule has 1 heterocycles. The van der Waals surface area contributed by atoms with Crippen LogP contribution in [0.3, 0.4) is 0 Å². The molecule has 0 unspecified atom stereocenters. The zero-order valence-corrected chi connectivity index (χ0v) is 14.4. The molecule has 0 saturated heterocycles. The number of benzene rings is 3. The number of hydrogen-bond acceptors (Lipinski definition) is 1. The van der Waals surface area contributed by atoms with Crippen molar-refractivity contribution in [1.82, 2.24) is 4.98 Å². The molecule has 0 spiro atoms. The highest BCUT2D eigenvalue weighted by Crippen LogP contribution is 2.41. The van der Waals surface area contributed by atoms with E-state index in [1.165, 1.54) is 13.0 Å². The van der Waals surface area contributed by atoms with E-state index in [9.17, 15) is 13.2 Å². The molecule has 1 aromatic heterocycles. The Kier molecular flexibility index (Phi) is 3.72. The van der Waals surface area contributed by atoms with Gasteiger partial charge in [-0.15, -0.1) is 0 Å². The molecule has 4 aromatic rings. The summed E-state index contributed by atoms with van der Waals surface area (Å²) in [5.74, 6) is 0. The van der Waals surface area contributed by atoms with Crippen LogP contribution in [0.2, 0.25) is 0 Å². The highest BCUT2D eigenvalue weighted by molar-refractivity contribution is 6.07. The van der Waals surface area contributed by atoms with Crippen LogP contribution in [0.4, 0.5) is 13.2 Å². The van der Waals surface area contributed by atoms with Crippen LogP contribution in [-0.2, 0) is 6.18 Å². The van der Waals surface area contributed by atoms with E-state index in [1.54, 1.807) is 6.07 Å². The molecular weight excluding hydrogens is 335 g/mol. The summed E-state index contributed by atoms with van der Waals surface area (Å²) in [6.45, 7) is 3.44. The first-order chi connectivity index (χ1) is 12.4. The van der Waals surface area contributed by atoms with E-state index in [0.29, 0.717) is 16.8 Å². The van der Waals surface area contributed by atoms with E-state index in [2.05, 4.69) is 4.98 Å². The van der Waals surface area contributed by atoms with Crippen LogP contribution in [0, 0.1) is 13.8 Å².